The van der Waals surface area contributed by atoms with Crippen molar-refractivity contribution in [3.63, 3.8) is 0 Å². The van der Waals surface area contributed by atoms with Crippen molar-refractivity contribution in [3.8, 4) is 0 Å². The molecule has 3 nitrogen and oxygen atoms in total. The second-order valence-corrected chi connectivity index (χ2v) is 8.59. The summed E-state index contributed by atoms with van der Waals surface area (Å²) in [4.78, 5) is 17.9. The number of aryl methyl sites for hydroxylation is 2. The van der Waals surface area contributed by atoms with Gasteiger partial charge in [0.15, 0.2) is 0 Å². The van der Waals surface area contributed by atoms with E-state index in [0.29, 0.717) is 10.0 Å². The maximum Gasteiger partial charge on any atom is 0.261 e. The first-order chi connectivity index (χ1) is 13.5. The normalized spacial score (nSPS) is 12.4. The Balaban J connectivity index is 1.55. The molecule has 0 aliphatic rings. The lowest BCUT2D eigenvalue weighted by Gasteiger charge is -2.13. The van der Waals surface area contributed by atoms with Crippen LogP contribution in [0.5, 0.6) is 0 Å². The Morgan fingerprint density at radius 3 is 2.71 bits per heavy atom. The number of rotatable bonds is 5. The van der Waals surface area contributed by atoms with Crippen LogP contribution in [0.2, 0.25) is 5.15 Å². The first kappa shape index (κ1) is 18.9. The quantitative estimate of drug-likeness (QED) is 0.401. The van der Waals surface area contributed by atoms with Crippen LogP contribution in [-0.2, 0) is 6.42 Å². The molecule has 0 unspecified atom stereocenters. The third kappa shape index (κ3) is 3.89. The highest BCUT2D eigenvalue weighted by molar-refractivity contribution is 7.21. The maximum absolute atomic E-state index is 12.8. The van der Waals surface area contributed by atoms with Gasteiger partial charge in [-0.2, -0.15) is 0 Å². The summed E-state index contributed by atoms with van der Waals surface area (Å²) < 4.78 is 1.01. The molecular formula is C23H21ClN2OS. The fraction of sp³-hybridized carbons (Fsp3) is 0.217. The molecule has 5 heteroatoms. The molecule has 2 aromatic carbocycles. The molecule has 1 atom stereocenters. The van der Waals surface area contributed by atoms with Gasteiger partial charge in [-0.1, -0.05) is 53.6 Å². The smallest absolute Gasteiger partial charge is 0.261 e. The van der Waals surface area contributed by atoms with E-state index in [1.165, 1.54) is 16.9 Å². The van der Waals surface area contributed by atoms with Gasteiger partial charge in [-0.05, 0) is 50.5 Å². The zero-order valence-corrected chi connectivity index (χ0v) is 17.4. The molecule has 1 N–H and O–H groups in total. The van der Waals surface area contributed by atoms with Gasteiger partial charge in [0.25, 0.3) is 5.91 Å². The van der Waals surface area contributed by atoms with Gasteiger partial charge >= 0.3 is 0 Å². The number of fused-ring (bicyclic) bond motifs is 3. The maximum atomic E-state index is 12.8. The average Bonchev–Trinajstić information content (AvgIpc) is 3.15. The van der Waals surface area contributed by atoms with Crippen molar-refractivity contribution in [2.24, 2.45) is 0 Å². The Morgan fingerprint density at radius 1 is 1.14 bits per heavy atom. The highest BCUT2D eigenvalue weighted by atomic mass is 35.5. The number of hydrogen-bond acceptors (Lipinski definition) is 3. The summed E-state index contributed by atoms with van der Waals surface area (Å²) in [6.45, 7) is 4.09. The molecule has 1 amide bonds. The second kappa shape index (κ2) is 7.90. The summed E-state index contributed by atoms with van der Waals surface area (Å²) in [5.74, 6) is -0.0568. The molecule has 4 aromatic rings. The van der Waals surface area contributed by atoms with E-state index in [0.717, 1.165) is 39.4 Å². The van der Waals surface area contributed by atoms with Crippen LogP contribution in [0.4, 0.5) is 0 Å². The van der Waals surface area contributed by atoms with E-state index in [4.69, 9.17) is 11.6 Å². The van der Waals surface area contributed by atoms with Gasteiger partial charge in [0.2, 0.25) is 0 Å². The van der Waals surface area contributed by atoms with Crippen molar-refractivity contribution < 1.29 is 4.79 Å². The largest absolute Gasteiger partial charge is 0.349 e. The number of amides is 1. The molecule has 0 spiro atoms. The van der Waals surface area contributed by atoms with Crippen molar-refractivity contribution in [3.05, 3.63) is 75.8 Å². The number of benzene rings is 2. The Morgan fingerprint density at radius 2 is 1.93 bits per heavy atom. The van der Waals surface area contributed by atoms with Crippen LogP contribution in [0.25, 0.3) is 21.0 Å². The number of aromatic nitrogens is 1. The van der Waals surface area contributed by atoms with Crippen molar-refractivity contribution in [2.45, 2.75) is 32.7 Å². The molecule has 142 valence electrons. The summed E-state index contributed by atoms with van der Waals surface area (Å²) in [6.07, 6.45) is 1.83. The van der Waals surface area contributed by atoms with E-state index in [1.807, 2.05) is 43.3 Å². The summed E-state index contributed by atoms with van der Waals surface area (Å²) in [7, 11) is 0. The Hall–Kier alpha value is -2.43. The minimum absolute atomic E-state index is 0.0568. The number of thiophene rings is 1. The van der Waals surface area contributed by atoms with E-state index >= 15 is 0 Å². The molecule has 2 aromatic heterocycles. The highest BCUT2D eigenvalue weighted by Gasteiger charge is 2.17. The zero-order chi connectivity index (χ0) is 19.7. The minimum Gasteiger partial charge on any atom is -0.349 e. The van der Waals surface area contributed by atoms with Crippen molar-refractivity contribution >= 4 is 49.8 Å². The monoisotopic (exact) mass is 408 g/mol. The number of nitrogens with one attached hydrogen (secondary N) is 1. The van der Waals surface area contributed by atoms with Gasteiger partial charge in [-0.3, -0.25) is 4.79 Å². The third-order valence-corrected chi connectivity index (χ3v) is 6.33. The minimum atomic E-state index is -0.0568. The lowest BCUT2D eigenvalue weighted by molar-refractivity contribution is 0.0942. The first-order valence-corrected chi connectivity index (χ1v) is 10.5. The Labute approximate surface area is 173 Å². The van der Waals surface area contributed by atoms with Crippen LogP contribution >= 0.6 is 22.9 Å². The van der Waals surface area contributed by atoms with Crippen LogP contribution < -0.4 is 5.32 Å². The number of hydrogen-bond donors (Lipinski definition) is 1. The summed E-state index contributed by atoms with van der Waals surface area (Å²) in [6, 6.07) is 18.4. The fourth-order valence-electron chi connectivity index (χ4n) is 3.35. The van der Waals surface area contributed by atoms with Crippen LogP contribution in [-0.4, -0.2) is 16.9 Å². The molecule has 0 bridgehead atoms. The number of nitrogens with zero attached hydrogens (tertiary/aromatic N) is 1. The van der Waals surface area contributed by atoms with Crippen LogP contribution in [0.15, 0.2) is 54.6 Å². The number of carbonyl (C=O) groups is 1. The second-order valence-electron chi connectivity index (χ2n) is 7.18. The Kier molecular flexibility index (Phi) is 5.33. The molecule has 0 fully saturated rings. The molecule has 0 aliphatic carbocycles. The lowest BCUT2D eigenvalue weighted by Crippen LogP contribution is -2.32. The molecule has 2 heterocycles. The molecule has 0 aliphatic heterocycles. The van der Waals surface area contributed by atoms with Gasteiger partial charge in [-0.25, -0.2) is 4.98 Å². The van der Waals surface area contributed by atoms with Gasteiger partial charge in [-0.15, -0.1) is 11.3 Å². The number of pyridine rings is 1. The number of halogens is 1. The van der Waals surface area contributed by atoms with E-state index in [2.05, 4.69) is 35.4 Å². The average molecular weight is 409 g/mol. The summed E-state index contributed by atoms with van der Waals surface area (Å²) in [5.41, 5.74) is 3.30. The number of carbonyl (C=O) groups excluding carboxylic acids is 1. The van der Waals surface area contributed by atoms with E-state index in [1.54, 1.807) is 0 Å². The van der Waals surface area contributed by atoms with E-state index in [9.17, 15) is 4.79 Å². The van der Waals surface area contributed by atoms with Gasteiger partial charge < -0.3 is 5.32 Å². The van der Waals surface area contributed by atoms with Crippen LogP contribution in [0.1, 0.15) is 34.1 Å². The SMILES string of the molecule is Cc1ccc2nc(Cl)c3cc(C(=O)N[C@H](C)CCc4ccccc4)sc3c2c1. The molecule has 0 saturated carbocycles. The highest BCUT2D eigenvalue weighted by Crippen LogP contribution is 2.36. The summed E-state index contributed by atoms with van der Waals surface area (Å²) in [5, 5.41) is 5.44. The molecular weight excluding hydrogens is 388 g/mol. The summed E-state index contributed by atoms with van der Waals surface area (Å²) >= 11 is 7.86. The Bertz CT molecular complexity index is 1150. The van der Waals surface area contributed by atoms with Crippen molar-refractivity contribution in [2.75, 3.05) is 0 Å². The van der Waals surface area contributed by atoms with Gasteiger partial charge in [0.05, 0.1) is 10.4 Å². The van der Waals surface area contributed by atoms with Gasteiger partial charge in [0.1, 0.15) is 5.15 Å². The van der Waals surface area contributed by atoms with Crippen LogP contribution in [0.3, 0.4) is 0 Å². The molecule has 4 rings (SSSR count). The topological polar surface area (TPSA) is 42.0 Å². The van der Waals surface area contributed by atoms with Crippen LogP contribution in [0, 0.1) is 6.92 Å². The molecule has 28 heavy (non-hydrogen) atoms. The first-order valence-electron chi connectivity index (χ1n) is 9.35. The lowest BCUT2D eigenvalue weighted by atomic mass is 10.1. The molecule has 0 saturated heterocycles. The third-order valence-electron chi connectivity index (χ3n) is 4.88. The molecule has 0 radical (unpaired) electrons. The fourth-order valence-corrected chi connectivity index (χ4v) is 4.73. The van der Waals surface area contributed by atoms with E-state index < -0.39 is 0 Å². The van der Waals surface area contributed by atoms with E-state index in [-0.39, 0.29) is 11.9 Å². The van der Waals surface area contributed by atoms with Crippen molar-refractivity contribution in [1.82, 2.24) is 10.3 Å². The van der Waals surface area contributed by atoms with Crippen molar-refractivity contribution in [1.29, 1.82) is 0 Å². The predicted octanol–water partition coefficient (Wildman–Crippen LogP) is 6.16. The predicted molar refractivity (Wildman–Crippen MR) is 119 cm³/mol. The standard InChI is InChI=1S/C23H21ClN2OS/c1-14-8-11-19-17(12-14)21-18(22(24)26-19)13-20(28-21)23(27)25-15(2)9-10-16-6-4-3-5-7-16/h3-8,11-13,15H,9-10H2,1-2H3,(H,25,27)/t15-/m1/s1. The zero-order valence-electron chi connectivity index (χ0n) is 15.8. The van der Waals surface area contributed by atoms with Gasteiger partial charge in [0, 0.05) is 21.5 Å².